The maximum absolute atomic E-state index is 13.3. The summed E-state index contributed by atoms with van der Waals surface area (Å²) in [6.45, 7) is 3.60. The van der Waals surface area contributed by atoms with Gasteiger partial charge < -0.3 is 9.88 Å². The summed E-state index contributed by atoms with van der Waals surface area (Å²) in [6, 6.07) is 14.5. The average molecular weight is 380 g/mol. The Balaban J connectivity index is 1.51. The zero-order chi connectivity index (χ0) is 19.5. The molecule has 0 spiro atoms. The van der Waals surface area contributed by atoms with Gasteiger partial charge in [0.15, 0.2) is 0 Å². The van der Waals surface area contributed by atoms with E-state index in [-0.39, 0.29) is 11.7 Å². The number of para-hydroxylation sites is 1. The summed E-state index contributed by atoms with van der Waals surface area (Å²) >= 11 is 0. The van der Waals surface area contributed by atoms with Crippen LogP contribution in [0.15, 0.2) is 48.5 Å². The van der Waals surface area contributed by atoms with Crippen molar-refractivity contribution < 1.29 is 9.18 Å². The van der Waals surface area contributed by atoms with E-state index in [1.165, 1.54) is 12.1 Å². The van der Waals surface area contributed by atoms with Crippen molar-refractivity contribution in [2.75, 3.05) is 33.2 Å². The van der Waals surface area contributed by atoms with E-state index >= 15 is 0 Å². The van der Waals surface area contributed by atoms with Crippen LogP contribution in [0.1, 0.15) is 12.0 Å². The number of rotatable bonds is 5. The number of aryl methyl sites for hydroxylation is 1. The largest absolute Gasteiger partial charge is 0.354 e. The maximum Gasteiger partial charge on any atom is 0.234 e. The Bertz CT molecular complexity index is 958. The molecule has 0 radical (unpaired) electrons. The molecule has 2 aromatic carbocycles. The number of nitrogens with one attached hydrogen (secondary N) is 2. The summed E-state index contributed by atoms with van der Waals surface area (Å²) in [7, 11) is 2.09. The highest BCUT2D eigenvalue weighted by atomic mass is 19.1. The third-order valence-electron chi connectivity index (χ3n) is 5.33. The SMILES string of the molecule is CN1CCN(NC(=O)CCc2c(-c3ccc(F)cc3)[nH]c3ccccc23)CC1. The van der Waals surface area contributed by atoms with Gasteiger partial charge >= 0.3 is 0 Å². The van der Waals surface area contributed by atoms with E-state index in [2.05, 4.69) is 28.4 Å². The summed E-state index contributed by atoms with van der Waals surface area (Å²) in [4.78, 5) is 18.2. The smallest absolute Gasteiger partial charge is 0.234 e. The highest BCUT2D eigenvalue weighted by molar-refractivity contribution is 5.91. The van der Waals surface area contributed by atoms with E-state index in [9.17, 15) is 9.18 Å². The van der Waals surface area contributed by atoms with Gasteiger partial charge in [0.2, 0.25) is 5.91 Å². The molecule has 1 aromatic heterocycles. The first-order valence-electron chi connectivity index (χ1n) is 9.68. The van der Waals surface area contributed by atoms with Crippen molar-refractivity contribution in [3.8, 4) is 11.3 Å². The van der Waals surface area contributed by atoms with Crippen LogP contribution in [-0.2, 0) is 11.2 Å². The molecule has 0 saturated carbocycles. The molecule has 1 aliphatic heterocycles. The Labute approximate surface area is 164 Å². The first kappa shape index (κ1) is 18.7. The minimum absolute atomic E-state index is 0.0277. The van der Waals surface area contributed by atoms with Crippen molar-refractivity contribution in [3.05, 3.63) is 59.9 Å². The van der Waals surface area contributed by atoms with Gasteiger partial charge in [-0.05, 0) is 54.9 Å². The number of aromatic nitrogens is 1. The molecule has 3 aromatic rings. The number of carbonyl (C=O) groups is 1. The van der Waals surface area contributed by atoms with Crippen molar-refractivity contribution in [3.63, 3.8) is 0 Å². The van der Waals surface area contributed by atoms with Crippen LogP contribution < -0.4 is 5.43 Å². The minimum atomic E-state index is -0.257. The summed E-state index contributed by atoms with van der Waals surface area (Å²) in [5.74, 6) is -0.229. The fourth-order valence-electron chi connectivity index (χ4n) is 3.71. The van der Waals surface area contributed by atoms with Gasteiger partial charge in [-0.15, -0.1) is 0 Å². The van der Waals surface area contributed by atoms with Gasteiger partial charge in [-0.1, -0.05) is 18.2 Å². The number of halogens is 1. The zero-order valence-corrected chi connectivity index (χ0v) is 16.0. The van der Waals surface area contributed by atoms with E-state index in [1.54, 1.807) is 12.1 Å². The summed E-state index contributed by atoms with van der Waals surface area (Å²) in [5, 5.41) is 3.10. The van der Waals surface area contributed by atoms with Crippen molar-refractivity contribution >= 4 is 16.8 Å². The molecule has 2 heterocycles. The first-order valence-corrected chi connectivity index (χ1v) is 9.68. The monoisotopic (exact) mass is 380 g/mol. The summed E-state index contributed by atoms with van der Waals surface area (Å²) in [5.41, 5.74) is 7.02. The van der Waals surface area contributed by atoms with Gasteiger partial charge in [0.1, 0.15) is 5.82 Å². The zero-order valence-electron chi connectivity index (χ0n) is 16.0. The maximum atomic E-state index is 13.3. The molecule has 1 amide bonds. The molecule has 1 aliphatic rings. The Morgan fingerprint density at radius 1 is 1.07 bits per heavy atom. The molecule has 4 rings (SSSR count). The number of nitrogens with zero attached hydrogens (tertiary/aromatic N) is 2. The number of amides is 1. The summed E-state index contributed by atoms with van der Waals surface area (Å²) in [6.07, 6.45) is 1.03. The number of H-pyrrole nitrogens is 1. The standard InChI is InChI=1S/C22H25FN4O/c1-26-12-14-27(15-13-26)25-21(28)11-10-19-18-4-2-3-5-20(18)24-22(19)16-6-8-17(23)9-7-16/h2-9,24H,10-15H2,1H3,(H,25,28). The molecule has 28 heavy (non-hydrogen) atoms. The van der Waals surface area contributed by atoms with E-state index in [4.69, 9.17) is 0 Å². The Kier molecular flexibility index (Phi) is 5.41. The molecule has 2 N–H and O–H groups in total. The molecule has 0 aliphatic carbocycles. The fraction of sp³-hybridized carbons (Fsp3) is 0.318. The quantitative estimate of drug-likeness (QED) is 0.715. The topological polar surface area (TPSA) is 51.4 Å². The molecule has 0 unspecified atom stereocenters. The predicted molar refractivity (Wildman–Crippen MR) is 109 cm³/mol. The second-order valence-electron chi connectivity index (χ2n) is 7.36. The number of benzene rings is 2. The van der Waals surface area contributed by atoms with Crippen LogP contribution in [0.25, 0.3) is 22.2 Å². The van der Waals surface area contributed by atoms with Gasteiger partial charge in [0.05, 0.1) is 0 Å². The minimum Gasteiger partial charge on any atom is -0.354 e. The van der Waals surface area contributed by atoms with Crippen LogP contribution in [0.4, 0.5) is 4.39 Å². The van der Waals surface area contributed by atoms with Crippen LogP contribution in [0.3, 0.4) is 0 Å². The molecule has 1 saturated heterocycles. The van der Waals surface area contributed by atoms with E-state index < -0.39 is 0 Å². The molecule has 146 valence electrons. The lowest BCUT2D eigenvalue weighted by Gasteiger charge is -2.32. The molecular weight excluding hydrogens is 355 g/mol. The first-order chi connectivity index (χ1) is 13.6. The highest BCUT2D eigenvalue weighted by Crippen LogP contribution is 2.31. The second kappa shape index (κ2) is 8.12. The molecule has 6 heteroatoms. The number of fused-ring (bicyclic) bond motifs is 1. The van der Waals surface area contributed by atoms with Crippen LogP contribution in [0.5, 0.6) is 0 Å². The number of carbonyl (C=O) groups excluding carboxylic acids is 1. The fourth-order valence-corrected chi connectivity index (χ4v) is 3.71. The normalized spacial score (nSPS) is 15.8. The number of likely N-dealkylation sites (N-methyl/N-ethyl adjacent to an activating group) is 1. The van der Waals surface area contributed by atoms with Crippen LogP contribution in [0.2, 0.25) is 0 Å². The van der Waals surface area contributed by atoms with Crippen molar-refractivity contribution in [1.82, 2.24) is 20.3 Å². The molecule has 5 nitrogen and oxygen atoms in total. The van der Waals surface area contributed by atoms with Crippen molar-refractivity contribution in [2.24, 2.45) is 0 Å². The predicted octanol–water partition coefficient (Wildman–Crippen LogP) is 3.19. The summed E-state index contributed by atoms with van der Waals surface area (Å²) < 4.78 is 13.3. The lowest BCUT2D eigenvalue weighted by molar-refractivity contribution is -0.126. The Hall–Kier alpha value is -2.70. The number of hydrogen-bond acceptors (Lipinski definition) is 3. The van der Waals surface area contributed by atoms with Crippen molar-refractivity contribution in [2.45, 2.75) is 12.8 Å². The third-order valence-corrected chi connectivity index (χ3v) is 5.33. The molecular formula is C22H25FN4O. The van der Waals surface area contributed by atoms with Gasteiger partial charge in [0, 0.05) is 49.2 Å². The van der Waals surface area contributed by atoms with Crippen LogP contribution in [-0.4, -0.2) is 54.0 Å². The van der Waals surface area contributed by atoms with Crippen molar-refractivity contribution in [1.29, 1.82) is 0 Å². The Morgan fingerprint density at radius 3 is 2.54 bits per heavy atom. The second-order valence-corrected chi connectivity index (χ2v) is 7.36. The highest BCUT2D eigenvalue weighted by Gasteiger charge is 2.18. The van der Waals surface area contributed by atoms with E-state index in [0.717, 1.165) is 53.9 Å². The van der Waals surface area contributed by atoms with Gasteiger partial charge in [0.25, 0.3) is 0 Å². The van der Waals surface area contributed by atoms with Crippen LogP contribution in [0, 0.1) is 5.82 Å². The third kappa shape index (κ3) is 4.08. The van der Waals surface area contributed by atoms with E-state index in [1.807, 2.05) is 23.2 Å². The number of piperazine rings is 1. The molecule has 0 bridgehead atoms. The molecule has 0 atom stereocenters. The number of hydrazine groups is 1. The number of aromatic amines is 1. The van der Waals surface area contributed by atoms with E-state index in [0.29, 0.717) is 12.8 Å². The van der Waals surface area contributed by atoms with Gasteiger partial charge in [-0.3, -0.25) is 10.2 Å². The van der Waals surface area contributed by atoms with Gasteiger partial charge in [-0.2, -0.15) is 0 Å². The Morgan fingerprint density at radius 2 is 1.79 bits per heavy atom. The van der Waals surface area contributed by atoms with Gasteiger partial charge in [-0.25, -0.2) is 9.40 Å². The van der Waals surface area contributed by atoms with Crippen LogP contribution >= 0.6 is 0 Å². The lowest BCUT2D eigenvalue weighted by Crippen LogP contribution is -2.52. The lowest BCUT2D eigenvalue weighted by atomic mass is 10.0. The molecule has 1 fully saturated rings. The number of hydrogen-bond donors (Lipinski definition) is 2. The average Bonchev–Trinajstić information content (AvgIpc) is 3.07.